The van der Waals surface area contributed by atoms with Gasteiger partial charge in [0, 0.05) is 6.42 Å². The van der Waals surface area contributed by atoms with Crippen LogP contribution < -0.4 is 0 Å². The van der Waals surface area contributed by atoms with Crippen molar-refractivity contribution in [3.8, 4) is 0 Å². The second-order valence-corrected chi connectivity index (χ2v) is 3.19. The van der Waals surface area contributed by atoms with Crippen LogP contribution in [0.15, 0.2) is 0 Å². The Hall–Kier alpha value is -0.530. The van der Waals surface area contributed by atoms with Gasteiger partial charge in [0.05, 0.1) is 6.10 Å². The summed E-state index contributed by atoms with van der Waals surface area (Å²) < 4.78 is 5.15. The molecule has 0 amide bonds. The first kappa shape index (κ1) is 11.5. The Balaban J connectivity index is 3.40. The summed E-state index contributed by atoms with van der Waals surface area (Å²) in [6, 6.07) is 0. The smallest absolute Gasteiger partial charge is 0.306 e. The van der Waals surface area contributed by atoms with Crippen molar-refractivity contribution in [2.75, 3.05) is 0 Å². The molecule has 0 aromatic heterocycles. The average Bonchev–Trinajstić information content (AvgIpc) is 2.01. The Morgan fingerprint density at radius 2 is 2.00 bits per heavy atom. The van der Waals surface area contributed by atoms with Crippen LogP contribution in [-0.4, -0.2) is 12.1 Å². The highest BCUT2D eigenvalue weighted by atomic mass is 16.5. The van der Waals surface area contributed by atoms with E-state index in [1.54, 1.807) is 0 Å². The molecule has 0 aromatic carbocycles. The summed E-state index contributed by atoms with van der Waals surface area (Å²) >= 11 is 0. The highest BCUT2D eigenvalue weighted by Crippen LogP contribution is 2.05. The van der Waals surface area contributed by atoms with Crippen molar-refractivity contribution in [3.05, 3.63) is 0 Å². The number of hydrogen-bond donors (Lipinski definition) is 0. The van der Waals surface area contributed by atoms with Gasteiger partial charge in [0.2, 0.25) is 0 Å². The van der Waals surface area contributed by atoms with Crippen molar-refractivity contribution in [1.29, 1.82) is 0 Å². The van der Waals surface area contributed by atoms with Gasteiger partial charge in [-0.15, -0.1) is 0 Å². The number of carbonyl (C=O) groups excluding carboxylic acids is 1. The summed E-state index contributed by atoms with van der Waals surface area (Å²) in [6.07, 6.45) is 4.82. The molecule has 0 aromatic rings. The quantitative estimate of drug-likeness (QED) is 0.576. The number of ether oxygens (including phenoxy) is 1. The molecule has 0 bridgehead atoms. The van der Waals surface area contributed by atoms with Crippen molar-refractivity contribution in [2.45, 2.75) is 59.0 Å². The van der Waals surface area contributed by atoms with Crippen LogP contribution in [0.25, 0.3) is 0 Å². The largest absolute Gasteiger partial charge is 0.463 e. The summed E-state index contributed by atoms with van der Waals surface area (Å²) in [4.78, 5) is 11.0. The predicted octanol–water partition coefficient (Wildman–Crippen LogP) is 2.91. The van der Waals surface area contributed by atoms with E-state index in [-0.39, 0.29) is 12.1 Å². The van der Waals surface area contributed by atoms with Crippen LogP contribution >= 0.6 is 0 Å². The van der Waals surface area contributed by atoms with Crippen molar-refractivity contribution in [2.24, 2.45) is 0 Å². The molecule has 0 fully saturated rings. The Bertz CT molecular complexity index is 121. The fourth-order valence-corrected chi connectivity index (χ4v) is 1.04. The third-order valence-corrected chi connectivity index (χ3v) is 1.75. The van der Waals surface area contributed by atoms with Crippen LogP contribution in [0.3, 0.4) is 0 Å². The summed E-state index contributed by atoms with van der Waals surface area (Å²) in [5, 5.41) is 0. The van der Waals surface area contributed by atoms with E-state index in [9.17, 15) is 4.79 Å². The molecule has 2 heteroatoms. The van der Waals surface area contributed by atoms with E-state index in [2.05, 4.69) is 6.92 Å². The van der Waals surface area contributed by atoms with E-state index in [0.717, 1.165) is 25.7 Å². The van der Waals surface area contributed by atoms with Gasteiger partial charge in [0.15, 0.2) is 0 Å². The maximum atomic E-state index is 11.0. The van der Waals surface area contributed by atoms with Gasteiger partial charge in [-0.2, -0.15) is 0 Å². The van der Waals surface area contributed by atoms with Gasteiger partial charge in [0.25, 0.3) is 0 Å². The van der Waals surface area contributed by atoms with Gasteiger partial charge >= 0.3 is 5.97 Å². The third kappa shape index (κ3) is 6.20. The number of esters is 1. The minimum Gasteiger partial charge on any atom is -0.463 e. The number of unbranched alkanes of at least 4 members (excludes halogenated alkanes) is 1. The molecule has 0 heterocycles. The molecule has 72 valence electrons. The minimum atomic E-state index is -0.0545. The Labute approximate surface area is 75.3 Å². The molecule has 0 unspecified atom stereocenters. The maximum absolute atomic E-state index is 11.0. The fourth-order valence-electron chi connectivity index (χ4n) is 1.04. The lowest BCUT2D eigenvalue weighted by molar-refractivity contribution is -0.148. The normalized spacial score (nSPS) is 12.6. The Morgan fingerprint density at radius 1 is 1.33 bits per heavy atom. The highest BCUT2D eigenvalue weighted by Gasteiger charge is 2.06. The first-order chi connectivity index (χ1) is 5.70. The van der Waals surface area contributed by atoms with E-state index in [1.165, 1.54) is 0 Å². The molecule has 0 rings (SSSR count). The number of rotatable bonds is 6. The summed E-state index contributed by atoms with van der Waals surface area (Å²) in [7, 11) is 0. The zero-order valence-electron chi connectivity index (χ0n) is 8.43. The zero-order valence-corrected chi connectivity index (χ0v) is 8.43. The van der Waals surface area contributed by atoms with Crippen LogP contribution in [0.5, 0.6) is 0 Å². The first-order valence-electron chi connectivity index (χ1n) is 4.90. The number of carbonyl (C=O) groups is 1. The molecule has 0 saturated carbocycles. The van der Waals surface area contributed by atoms with Crippen LogP contribution in [0.4, 0.5) is 0 Å². The van der Waals surface area contributed by atoms with E-state index in [4.69, 9.17) is 4.74 Å². The lowest BCUT2D eigenvalue weighted by atomic mass is 10.2. The monoisotopic (exact) mass is 172 g/mol. The van der Waals surface area contributed by atoms with Crippen LogP contribution in [-0.2, 0) is 9.53 Å². The van der Waals surface area contributed by atoms with E-state index in [1.807, 2.05) is 13.8 Å². The molecule has 0 saturated heterocycles. The second-order valence-electron chi connectivity index (χ2n) is 3.19. The molecule has 0 radical (unpaired) electrons. The molecule has 0 N–H and O–H groups in total. The molecule has 1 atom stereocenters. The van der Waals surface area contributed by atoms with Crippen molar-refractivity contribution >= 4 is 5.97 Å². The second kappa shape index (κ2) is 7.14. The zero-order chi connectivity index (χ0) is 9.40. The van der Waals surface area contributed by atoms with Crippen LogP contribution in [0.2, 0.25) is 0 Å². The minimum absolute atomic E-state index is 0.0545. The van der Waals surface area contributed by atoms with E-state index in [0.29, 0.717) is 6.42 Å². The van der Waals surface area contributed by atoms with Crippen molar-refractivity contribution in [3.63, 3.8) is 0 Å². The summed E-state index contributed by atoms with van der Waals surface area (Å²) in [6.45, 7) is 6.09. The molecular weight excluding hydrogens is 152 g/mol. The molecule has 12 heavy (non-hydrogen) atoms. The summed E-state index contributed by atoms with van der Waals surface area (Å²) in [5.41, 5.74) is 0. The molecular formula is C10H20O2. The first-order valence-corrected chi connectivity index (χ1v) is 4.90. The Kier molecular flexibility index (Phi) is 6.82. The molecule has 0 spiro atoms. The Morgan fingerprint density at radius 3 is 2.50 bits per heavy atom. The highest BCUT2D eigenvalue weighted by molar-refractivity contribution is 5.69. The maximum Gasteiger partial charge on any atom is 0.306 e. The fraction of sp³-hybridized carbons (Fsp3) is 0.900. The molecule has 0 aliphatic carbocycles. The van der Waals surface area contributed by atoms with Crippen LogP contribution in [0, 0.1) is 0 Å². The van der Waals surface area contributed by atoms with Gasteiger partial charge in [-0.1, -0.05) is 26.7 Å². The SMILES string of the molecule is CCCC[C@H](C)OC(=O)CCC. The lowest BCUT2D eigenvalue weighted by Crippen LogP contribution is -2.14. The molecule has 0 aliphatic rings. The molecule has 0 aliphatic heterocycles. The summed E-state index contributed by atoms with van der Waals surface area (Å²) in [5.74, 6) is -0.0545. The van der Waals surface area contributed by atoms with Crippen molar-refractivity contribution < 1.29 is 9.53 Å². The van der Waals surface area contributed by atoms with E-state index < -0.39 is 0 Å². The van der Waals surface area contributed by atoms with E-state index >= 15 is 0 Å². The standard InChI is InChI=1S/C10H20O2/c1-4-6-8-9(3)12-10(11)7-5-2/h9H,4-8H2,1-3H3/t9-/m0/s1. The topological polar surface area (TPSA) is 26.3 Å². The lowest BCUT2D eigenvalue weighted by Gasteiger charge is -2.11. The average molecular weight is 172 g/mol. The molecule has 2 nitrogen and oxygen atoms in total. The van der Waals surface area contributed by atoms with Gasteiger partial charge in [-0.3, -0.25) is 4.79 Å². The van der Waals surface area contributed by atoms with Gasteiger partial charge in [-0.25, -0.2) is 0 Å². The van der Waals surface area contributed by atoms with Gasteiger partial charge in [-0.05, 0) is 19.8 Å². The van der Waals surface area contributed by atoms with Crippen LogP contribution in [0.1, 0.15) is 52.9 Å². The third-order valence-electron chi connectivity index (χ3n) is 1.75. The van der Waals surface area contributed by atoms with Gasteiger partial charge in [0.1, 0.15) is 0 Å². The van der Waals surface area contributed by atoms with Crippen molar-refractivity contribution in [1.82, 2.24) is 0 Å². The number of hydrogen-bond acceptors (Lipinski definition) is 2. The predicted molar refractivity (Wildman–Crippen MR) is 50.0 cm³/mol. The van der Waals surface area contributed by atoms with Gasteiger partial charge < -0.3 is 4.74 Å².